The zero-order chi connectivity index (χ0) is 24.5. The Hall–Kier alpha value is -4.02. The van der Waals surface area contributed by atoms with Crippen molar-refractivity contribution >= 4 is 46.1 Å². The van der Waals surface area contributed by atoms with Gasteiger partial charge in [-0.2, -0.15) is 10.2 Å². The van der Waals surface area contributed by atoms with Crippen LogP contribution in [0.2, 0.25) is 0 Å². The Bertz CT molecular complexity index is 1130. The Kier molecular flexibility index (Phi) is 8.49. The van der Waals surface area contributed by atoms with Gasteiger partial charge in [-0.25, -0.2) is 0 Å². The lowest BCUT2D eigenvalue weighted by atomic mass is 9.96. The molecule has 0 aliphatic rings. The maximum Gasteiger partial charge on any atom is 0.184 e. The van der Waals surface area contributed by atoms with E-state index >= 15 is 0 Å². The molecule has 0 saturated heterocycles. The van der Waals surface area contributed by atoms with Gasteiger partial charge < -0.3 is 20.9 Å². The summed E-state index contributed by atoms with van der Waals surface area (Å²) in [6.45, 7) is 0. The molecule has 0 radical (unpaired) electrons. The first-order chi connectivity index (χ1) is 16.4. The van der Waals surface area contributed by atoms with Crippen LogP contribution in [0, 0.1) is 0 Å². The standard InChI is InChI=1S/C24H24N6O2S2/c1-31-19-10-6-15(7-11-19)21(27-29-23(25)33)17-4-3-5-18(14-17)22(28-30-24(26)34)16-8-12-20(32-2)13-9-16/h3-14H,1-2H3,(H3,25,29,33)(H3,26,30,34)/b27-21-,28-22+. The summed E-state index contributed by atoms with van der Waals surface area (Å²) in [5.74, 6) is 1.47. The normalized spacial score (nSPS) is 11.5. The minimum absolute atomic E-state index is 0.0586. The lowest BCUT2D eigenvalue weighted by Gasteiger charge is -2.13. The average molecular weight is 493 g/mol. The Labute approximate surface area is 208 Å². The predicted octanol–water partition coefficient (Wildman–Crippen LogP) is 2.88. The summed E-state index contributed by atoms with van der Waals surface area (Å²) in [6, 6.07) is 22.7. The predicted molar refractivity (Wildman–Crippen MR) is 144 cm³/mol. The van der Waals surface area contributed by atoms with Crippen LogP contribution in [-0.2, 0) is 0 Å². The molecule has 8 nitrogen and oxygen atoms in total. The number of methoxy groups -OCH3 is 2. The van der Waals surface area contributed by atoms with E-state index in [0.29, 0.717) is 11.4 Å². The molecule has 0 aliphatic carbocycles. The zero-order valence-corrected chi connectivity index (χ0v) is 20.2. The van der Waals surface area contributed by atoms with Gasteiger partial charge in [-0.3, -0.25) is 10.9 Å². The van der Waals surface area contributed by atoms with Gasteiger partial charge in [-0.05, 0) is 79.0 Å². The number of benzene rings is 3. The highest BCUT2D eigenvalue weighted by Gasteiger charge is 2.13. The number of nitrogens with one attached hydrogen (secondary N) is 2. The maximum absolute atomic E-state index is 5.62. The van der Waals surface area contributed by atoms with E-state index in [-0.39, 0.29) is 10.2 Å². The zero-order valence-electron chi connectivity index (χ0n) is 18.6. The molecule has 3 rings (SSSR count). The van der Waals surface area contributed by atoms with Gasteiger partial charge >= 0.3 is 0 Å². The highest BCUT2D eigenvalue weighted by atomic mass is 32.1. The topological polar surface area (TPSA) is 119 Å². The van der Waals surface area contributed by atoms with Gasteiger partial charge in [0, 0.05) is 22.3 Å². The van der Waals surface area contributed by atoms with Gasteiger partial charge in [0.1, 0.15) is 11.5 Å². The van der Waals surface area contributed by atoms with Crippen LogP contribution in [0.15, 0.2) is 83.0 Å². The molecule has 0 unspecified atom stereocenters. The molecule has 0 spiro atoms. The summed E-state index contributed by atoms with van der Waals surface area (Å²) in [5.41, 5.74) is 21.2. The fourth-order valence-corrected chi connectivity index (χ4v) is 3.22. The maximum atomic E-state index is 5.62. The molecule has 0 saturated carbocycles. The number of nitrogens with two attached hydrogens (primary N) is 2. The SMILES string of the molecule is COc1ccc(/C(=N/NC(N)=S)c2cccc(/C(=N/NC(N)=S)c3ccc(OC)cc3)c2)cc1. The minimum Gasteiger partial charge on any atom is -0.497 e. The van der Waals surface area contributed by atoms with Crippen molar-refractivity contribution in [3.8, 4) is 11.5 Å². The number of nitrogens with zero attached hydrogens (tertiary/aromatic N) is 2. The molecule has 10 heteroatoms. The van der Waals surface area contributed by atoms with Crippen LogP contribution >= 0.6 is 24.4 Å². The number of hydrogen-bond donors (Lipinski definition) is 4. The molecule has 0 heterocycles. The van der Waals surface area contributed by atoms with Gasteiger partial charge in [0.2, 0.25) is 0 Å². The van der Waals surface area contributed by atoms with Crippen molar-refractivity contribution in [1.29, 1.82) is 0 Å². The molecule has 0 aromatic heterocycles. The molecule has 3 aromatic carbocycles. The Morgan fingerprint density at radius 2 is 1.03 bits per heavy atom. The molecule has 174 valence electrons. The monoisotopic (exact) mass is 492 g/mol. The Balaban J connectivity index is 2.09. The third kappa shape index (κ3) is 6.50. The highest BCUT2D eigenvalue weighted by molar-refractivity contribution is 7.80. The second kappa shape index (κ2) is 11.7. The van der Waals surface area contributed by atoms with E-state index in [1.807, 2.05) is 72.8 Å². The second-order valence-electron chi connectivity index (χ2n) is 6.91. The first-order valence-corrected chi connectivity index (χ1v) is 10.9. The summed E-state index contributed by atoms with van der Waals surface area (Å²) in [7, 11) is 3.23. The van der Waals surface area contributed by atoms with Crippen molar-refractivity contribution < 1.29 is 9.47 Å². The number of rotatable bonds is 8. The van der Waals surface area contributed by atoms with Crippen LogP contribution < -0.4 is 31.8 Å². The van der Waals surface area contributed by atoms with Crippen molar-refractivity contribution in [2.45, 2.75) is 0 Å². The largest absolute Gasteiger partial charge is 0.497 e. The van der Waals surface area contributed by atoms with Gasteiger partial charge in [0.25, 0.3) is 0 Å². The third-order valence-corrected chi connectivity index (χ3v) is 4.87. The average Bonchev–Trinajstić information content (AvgIpc) is 2.85. The summed E-state index contributed by atoms with van der Waals surface area (Å²) in [6.07, 6.45) is 0. The minimum atomic E-state index is 0.0586. The summed E-state index contributed by atoms with van der Waals surface area (Å²) >= 11 is 9.88. The van der Waals surface area contributed by atoms with E-state index in [1.165, 1.54) is 0 Å². The van der Waals surface area contributed by atoms with Crippen molar-refractivity contribution in [3.63, 3.8) is 0 Å². The molecule has 34 heavy (non-hydrogen) atoms. The number of hydrazone groups is 2. The summed E-state index contributed by atoms with van der Waals surface area (Å²) in [4.78, 5) is 0. The molecule has 0 atom stereocenters. The van der Waals surface area contributed by atoms with Gasteiger partial charge in [0.05, 0.1) is 25.6 Å². The van der Waals surface area contributed by atoms with Crippen molar-refractivity contribution in [2.75, 3.05) is 14.2 Å². The molecule has 0 amide bonds. The summed E-state index contributed by atoms with van der Waals surface area (Å²) in [5, 5.41) is 8.99. The van der Waals surface area contributed by atoms with E-state index < -0.39 is 0 Å². The lowest BCUT2D eigenvalue weighted by Crippen LogP contribution is -2.26. The third-order valence-electron chi connectivity index (χ3n) is 4.69. The molecule has 0 aliphatic heterocycles. The van der Waals surface area contributed by atoms with Gasteiger partial charge in [0.15, 0.2) is 10.2 Å². The first-order valence-electron chi connectivity index (χ1n) is 10.1. The van der Waals surface area contributed by atoms with E-state index in [1.54, 1.807) is 14.2 Å². The first kappa shape index (κ1) is 24.6. The quantitative estimate of drug-likeness (QED) is 0.215. The van der Waals surface area contributed by atoms with Crippen LogP contribution in [0.1, 0.15) is 22.3 Å². The van der Waals surface area contributed by atoms with E-state index in [0.717, 1.165) is 33.8 Å². The molecular weight excluding hydrogens is 468 g/mol. The highest BCUT2D eigenvalue weighted by Crippen LogP contribution is 2.20. The van der Waals surface area contributed by atoms with Crippen LogP contribution in [0.3, 0.4) is 0 Å². The fraction of sp³-hybridized carbons (Fsp3) is 0.0833. The molecule has 0 bridgehead atoms. The van der Waals surface area contributed by atoms with Crippen molar-refractivity contribution in [2.24, 2.45) is 21.7 Å². The van der Waals surface area contributed by atoms with Crippen molar-refractivity contribution in [3.05, 3.63) is 95.1 Å². The second-order valence-corrected chi connectivity index (χ2v) is 7.79. The fourth-order valence-electron chi connectivity index (χ4n) is 3.13. The molecule has 6 N–H and O–H groups in total. The number of hydrogen-bond acceptors (Lipinski definition) is 6. The van der Waals surface area contributed by atoms with Crippen LogP contribution in [-0.4, -0.2) is 35.9 Å². The van der Waals surface area contributed by atoms with E-state index in [9.17, 15) is 0 Å². The van der Waals surface area contributed by atoms with Crippen LogP contribution in [0.4, 0.5) is 0 Å². The van der Waals surface area contributed by atoms with Crippen molar-refractivity contribution in [1.82, 2.24) is 10.9 Å². The van der Waals surface area contributed by atoms with Crippen LogP contribution in [0.5, 0.6) is 11.5 Å². The van der Waals surface area contributed by atoms with E-state index in [2.05, 4.69) is 21.1 Å². The summed E-state index contributed by atoms with van der Waals surface area (Å²) < 4.78 is 10.5. The molecular formula is C24H24N6O2S2. The molecule has 3 aromatic rings. The van der Waals surface area contributed by atoms with Gasteiger partial charge in [-0.15, -0.1) is 0 Å². The van der Waals surface area contributed by atoms with Gasteiger partial charge in [-0.1, -0.05) is 18.2 Å². The smallest absolute Gasteiger partial charge is 0.184 e. The molecule has 0 fully saturated rings. The number of thiocarbonyl (C=S) groups is 2. The van der Waals surface area contributed by atoms with E-state index in [4.69, 9.17) is 45.4 Å². The van der Waals surface area contributed by atoms with Crippen LogP contribution in [0.25, 0.3) is 0 Å². The Morgan fingerprint density at radius 3 is 1.35 bits per heavy atom. The number of ether oxygens (including phenoxy) is 2. The Morgan fingerprint density at radius 1 is 0.647 bits per heavy atom. The lowest BCUT2D eigenvalue weighted by molar-refractivity contribution is 0.414.